The summed E-state index contributed by atoms with van der Waals surface area (Å²) in [4.78, 5) is 55.4. The highest BCUT2D eigenvalue weighted by Crippen LogP contribution is 2.25. The van der Waals surface area contributed by atoms with Gasteiger partial charge in [-0.3, -0.25) is 23.8 Å². The minimum absolute atomic E-state index is 0.0361. The SMILES string of the molecule is NC(=NC1CCNC1)c1ccc(OCC(ON=C(C(=O)NC2C(=O)N(S(=O)(=O)O)C2Cn2cncn2)c2csc(N)n2)C(=O)O)cc1. The van der Waals surface area contributed by atoms with Crippen LogP contribution in [0.5, 0.6) is 5.75 Å². The van der Waals surface area contributed by atoms with Crippen LogP contribution in [0.25, 0.3) is 0 Å². The van der Waals surface area contributed by atoms with Crippen molar-refractivity contribution in [2.45, 2.75) is 37.2 Å². The van der Waals surface area contributed by atoms with Gasteiger partial charge in [0.15, 0.2) is 10.8 Å². The molecule has 2 saturated heterocycles. The van der Waals surface area contributed by atoms with E-state index in [2.05, 4.69) is 35.8 Å². The Morgan fingerprint density at radius 3 is 2.64 bits per heavy atom. The van der Waals surface area contributed by atoms with Gasteiger partial charge in [-0.15, -0.1) is 11.3 Å². The fraction of sp³-hybridized carbons (Fsp3) is 0.360. The Hall–Kier alpha value is -5.19. The molecule has 5 rings (SSSR count). The third-order valence-electron chi connectivity index (χ3n) is 6.98. The maximum atomic E-state index is 13.3. The van der Waals surface area contributed by atoms with E-state index in [4.69, 9.17) is 21.0 Å². The number of rotatable bonds is 14. The Morgan fingerprint density at radius 1 is 1.28 bits per heavy atom. The van der Waals surface area contributed by atoms with Crippen molar-refractivity contribution >= 4 is 56.1 Å². The van der Waals surface area contributed by atoms with E-state index in [9.17, 15) is 32.5 Å². The molecule has 2 amide bonds. The van der Waals surface area contributed by atoms with Gasteiger partial charge in [-0.25, -0.2) is 19.1 Å². The van der Waals surface area contributed by atoms with E-state index in [1.165, 1.54) is 22.7 Å². The summed E-state index contributed by atoms with van der Waals surface area (Å²) in [5, 5.41) is 24.2. The predicted molar refractivity (Wildman–Crippen MR) is 164 cm³/mol. The summed E-state index contributed by atoms with van der Waals surface area (Å²) >= 11 is 0.939. The number of hydrogen-bond donors (Lipinski definition) is 6. The van der Waals surface area contributed by atoms with Crippen molar-refractivity contribution in [2.24, 2.45) is 15.9 Å². The maximum Gasteiger partial charge on any atom is 0.362 e. The van der Waals surface area contributed by atoms with Gasteiger partial charge in [0.1, 0.15) is 42.6 Å². The number of oxime groups is 1. The summed E-state index contributed by atoms with van der Waals surface area (Å²) in [6.45, 7) is 0.820. The lowest BCUT2D eigenvalue weighted by Crippen LogP contribution is -2.73. The molecule has 250 valence electrons. The fourth-order valence-electron chi connectivity index (χ4n) is 4.65. The predicted octanol–water partition coefficient (Wildman–Crippen LogP) is -2.16. The first-order chi connectivity index (χ1) is 22.4. The van der Waals surface area contributed by atoms with Crippen molar-refractivity contribution in [3.63, 3.8) is 0 Å². The van der Waals surface area contributed by atoms with E-state index in [0.29, 0.717) is 17.1 Å². The minimum atomic E-state index is -4.98. The fourth-order valence-corrected chi connectivity index (χ4v) is 6.07. The number of benzene rings is 1. The molecule has 2 aliphatic heterocycles. The monoisotopic (exact) mass is 691 g/mol. The molecule has 4 unspecified atom stereocenters. The maximum absolute atomic E-state index is 13.3. The van der Waals surface area contributed by atoms with Gasteiger partial charge in [0.05, 0.1) is 18.6 Å². The molecule has 0 bridgehead atoms. The quantitative estimate of drug-likeness (QED) is 0.0345. The second-order valence-corrected chi connectivity index (χ2v) is 12.4. The van der Waals surface area contributed by atoms with E-state index in [-0.39, 0.29) is 27.7 Å². The van der Waals surface area contributed by atoms with Gasteiger partial charge in [0.25, 0.3) is 17.9 Å². The Bertz CT molecular complexity index is 1770. The van der Waals surface area contributed by atoms with Gasteiger partial charge in [-0.2, -0.15) is 13.5 Å². The van der Waals surface area contributed by atoms with Gasteiger partial charge < -0.3 is 36.8 Å². The van der Waals surface area contributed by atoms with Crippen LogP contribution < -0.4 is 26.8 Å². The van der Waals surface area contributed by atoms with Crippen molar-refractivity contribution in [1.82, 2.24) is 34.7 Å². The molecule has 1 aromatic carbocycles. The van der Waals surface area contributed by atoms with E-state index >= 15 is 0 Å². The number of anilines is 1. The molecular formula is C25H29N11O9S2. The average Bonchev–Trinajstić information content (AvgIpc) is 3.81. The molecule has 22 heteroatoms. The van der Waals surface area contributed by atoms with Crippen LogP contribution in [-0.2, 0) is 36.1 Å². The van der Waals surface area contributed by atoms with Gasteiger partial charge in [0.2, 0.25) is 0 Å². The number of hydrogen-bond acceptors (Lipinski definition) is 15. The summed E-state index contributed by atoms with van der Waals surface area (Å²) in [6, 6.07) is 3.82. The summed E-state index contributed by atoms with van der Waals surface area (Å²) in [7, 11) is -4.98. The lowest BCUT2D eigenvalue weighted by atomic mass is 9.98. The molecule has 0 radical (unpaired) electrons. The van der Waals surface area contributed by atoms with Crippen LogP contribution in [-0.4, -0.2) is 115 Å². The number of amidine groups is 1. The number of carbonyl (C=O) groups excluding carboxylic acids is 2. The highest BCUT2D eigenvalue weighted by Gasteiger charge is 2.54. The zero-order valence-corrected chi connectivity index (χ0v) is 25.9. The summed E-state index contributed by atoms with van der Waals surface area (Å²) in [5.74, 6) is -3.05. The number of carboxylic acids is 1. The molecule has 20 nitrogen and oxygen atoms in total. The van der Waals surface area contributed by atoms with Crippen LogP contribution >= 0.6 is 11.3 Å². The Balaban J connectivity index is 1.28. The number of nitrogens with zero attached hydrogens (tertiary/aromatic N) is 7. The smallest absolute Gasteiger partial charge is 0.362 e. The molecule has 2 fully saturated rings. The zero-order chi connectivity index (χ0) is 33.7. The van der Waals surface area contributed by atoms with Gasteiger partial charge >= 0.3 is 16.3 Å². The lowest BCUT2D eigenvalue weighted by Gasteiger charge is -2.43. The largest absolute Gasteiger partial charge is 0.489 e. The summed E-state index contributed by atoms with van der Waals surface area (Å²) < 4.78 is 40.1. The number of amides is 2. The number of β-lactam (4-membered cyclic amide) rings is 1. The zero-order valence-electron chi connectivity index (χ0n) is 24.2. The molecule has 0 aliphatic carbocycles. The van der Waals surface area contributed by atoms with Crippen LogP contribution in [0.3, 0.4) is 0 Å². The second kappa shape index (κ2) is 14.1. The number of aromatic nitrogens is 4. The standard InChI is InChI=1S/C25H29N11O9S2/c26-21(31-14-5-6-28-7-14)13-1-3-15(4-2-13)44-9-18(24(39)40)45-34-19(16-10-46-25(27)32-16)22(37)33-20-17(8-35-12-29-11-30-35)36(23(20)38)47(41,42)43/h1-4,10-12,14,17-18,20,28H,5-9H2,(H2,26,31)(H2,27,32)(H,33,37)(H,39,40)(H,41,42,43). The number of carbonyl (C=O) groups is 3. The van der Waals surface area contributed by atoms with Crippen LogP contribution in [0.2, 0.25) is 0 Å². The summed E-state index contributed by atoms with van der Waals surface area (Å²) in [6.07, 6.45) is 1.58. The highest BCUT2D eigenvalue weighted by atomic mass is 32.2. The van der Waals surface area contributed by atoms with Crippen LogP contribution in [0.15, 0.2) is 52.4 Å². The van der Waals surface area contributed by atoms with E-state index < -0.39 is 58.6 Å². The van der Waals surface area contributed by atoms with E-state index in [1.807, 2.05) is 0 Å². The Labute approximate surface area is 270 Å². The number of nitrogens with one attached hydrogen (secondary N) is 2. The number of ether oxygens (including phenoxy) is 1. The number of aliphatic imine (C=N–C) groups is 1. The molecular weight excluding hydrogens is 662 g/mol. The molecule has 0 spiro atoms. The third kappa shape index (κ3) is 7.97. The number of thiazole rings is 1. The highest BCUT2D eigenvalue weighted by molar-refractivity contribution is 7.84. The van der Waals surface area contributed by atoms with Crippen molar-refractivity contribution in [2.75, 3.05) is 25.4 Å². The minimum Gasteiger partial charge on any atom is -0.489 e. The Kier molecular flexibility index (Phi) is 9.93. The van der Waals surface area contributed by atoms with Crippen molar-refractivity contribution in [3.8, 4) is 5.75 Å². The molecule has 2 aliphatic rings. The molecule has 2 aromatic heterocycles. The van der Waals surface area contributed by atoms with Crippen LogP contribution in [0.4, 0.5) is 5.13 Å². The van der Waals surface area contributed by atoms with E-state index in [1.54, 1.807) is 24.3 Å². The van der Waals surface area contributed by atoms with Crippen molar-refractivity contribution in [3.05, 3.63) is 53.6 Å². The molecule has 4 heterocycles. The van der Waals surface area contributed by atoms with Crippen molar-refractivity contribution < 1.29 is 42.0 Å². The first-order valence-electron chi connectivity index (χ1n) is 13.8. The normalized spacial score (nSPS) is 20.8. The van der Waals surface area contributed by atoms with Gasteiger partial charge in [-0.1, -0.05) is 5.16 Å². The Morgan fingerprint density at radius 2 is 2.04 bits per heavy atom. The number of nitrogens with two attached hydrogens (primary N) is 2. The number of carboxylic acid groups (broad SMARTS) is 1. The molecule has 47 heavy (non-hydrogen) atoms. The number of nitrogen functional groups attached to an aromatic ring is 1. The first kappa shape index (κ1) is 33.2. The van der Waals surface area contributed by atoms with Crippen LogP contribution in [0, 0.1) is 0 Å². The third-order valence-corrected chi connectivity index (χ3v) is 8.60. The average molecular weight is 692 g/mol. The molecule has 4 atom stereocenters. The molecule has 0 saturated carbocycles. The topological polar surface area (TPSA) is 292 Å². The number of aliphatic carboxylic acids is 1. The van der Waals surface area contributed by atoms with Gasteiger partial charge in [-0.05, 0) is 37.2 Å². The van der Waals surface area contributed by atoms with Crippen molar-refractivity contribution in [1.29, 1.82) is 0 Å². The second-order valence-electron chi connectivity index (χ2n) is 10.2. The van der Waals surface area contributed by atoms with Crippen LogP contribution in [0.1, 0.15) is 17.7 Å². The van der Waals surface area contributed by atoms with E-state index in [0.717, 1.165) is 30.8 Å². The summed E-state index contributed by atoms with van der Waals surface area (Å²) in [5.41, 5.74) is 11.8. The van der Waals surface area contributed by atoms with Gasteiger partial charge in [0, 0.05) is 17.5 Å². The first-order valence-corrected chi connectivity index (χ1v) is 16.1. The lowest BCUT2D eigenvalue weighted by molar-refractivity contribution is -0.152. The molecule has 8 N–H and O–H groups in total. The molecule has 3 aromatic rings.